The first kappa shape index (κ1) is 20.0. The summed E-state index contributed by atoms with van der Waals surface area (Å²) in [7, 11) is 0. The van der Waals surface area contributed by atoms with Crippen LogP contribution in [0, 0.1) is 11.6 Å². The third-order valence-electron chi connectivity index (χ3n) is 4.29. The third-order valence-corrected chi connectivity index (χ3v) is 5.26. The first-order valence-electron chi connectivity index (χ1n) is 9.14. The highest BCUT2D eigenvalue weighted by molar-refractivity contribution is 8.00. The zero-order valence-electron chi connectivity index (χ0n) is 15.7. The summed E-state index contributed by atoms with van der Waals surface area (Å²) in [4.78, 5) is 21.1. The van der Waals surface area contributed by atoms with Crippen LogP contribution in [0.4, 0.5) is 8.78 Å². The highest BCUT2D eigenvalue weighted by Crippen LogP contribution is 2.29. The van der Waals surface area contributed by atoms with Gasteiger partial charge in [-0.15, -0.1) is 0 Å². The van der Waals surface area contributed by atoms with E-state index in [0.717, 1.165) is 17.3 Å². The molecule has 0 radical (unpaired) electrons. The number of hydrogen-bond acceptors (Lipinski definition) is 5. The van der Waals surface area contributed by atoms with Gasteiger partial charge in [0.25, 0.3) is 0 Å². The Bertz CT molecular complexity index is 1190. The molecule has 1 aromatic heterocycles. The molecule has 0 fully saturated rings. The second kappa shape index (κ2) is 9.00. The Labute approximate surface area is 175 Å². The van der Waals surface area contributed by atoms with E-state index in [1.807, 2.05) is 30.3 Å². The molecule has 0 saturated carbocycles. The van der Waals surface area contributed by atoms with Crippen molar-refractivity contribution in [1.82, 2.24) is 9.97 Å². The number of nitrogens with zero attached hydrogens (tertiary/aromatic N) is 2. The maximum absolute atomic E-state index is 13.8. The van der Waals surface area contributed by atoms with E-state index in [9.17, 15) is 13.6 Å². The van der Waals surface area contributed by atoms with Gasteiger partial charge in [-0.25, -0.2) is 18.7 Å². The quantitative estimate of drug-likeness (QED) is 0.236. The second-order valence-corrected chi connectivity index (χ2v) is 7.42. The molecule has 4 rings (SSSR count). The number of benzene rings is 3. The molecule has 0 spiro atoms. The monoisotopic (exact) mass is 422 g/mol. The lowest BCUT2D eigenvalue weighted by atomic mass is 10.2. The lowest BCUT2D eigenvalue weighted by Gasteiger charge is -2.09. The predicted octanol–water partition coefficient (Wildman–Crippen LogP) is 5.41. The molecule has 0 aliphatic rings. The van der Waals surface area contributed by atoms with Crippen molar-refractivity contribution in [3.8, 4) is 11.4 Å². The average molecular weight is 422 g/mol. The van der Waals surface area contributed by atoms with E-state index >= 15 is 0 Å². The highest BCUT2D eigenvalue weighted by atomic mass is 32.2. The lowest BCUT2D eigenvalue weighted by Crippen LogP contribution is -2.07. The van der Waals surface area contributed by atoms with Crippen molar-refractivity contribution in [2.45, 2.75) is 11.6 Å². The van der Waals surface area contributed by atoms with Crippen molar-refractivity contribution in [3.63, 3.8) is 0 Å². The third kappa shape index (κ3) is 4.80. The predicted molar refractivity (Wildman–Crippen MR) is 112 cm³/mol. The minimum atomic E-state index is -0.422. The Morgan fingerprint density at radius 2 is 1.63 bits per heavy atom. The van der Waals surface area contributed by atoms with Gasteiger partial charge in [0, 0.05) is 10.9 Å². The van der Waals surface area contributed by atoms with Crippen molar-refractivity contribution in [1.29, 1.82) is 0 Å². The van der Waals surface area contributed by atoms with Gasteiger partial charge < -0.3 is 4.74 Å². The number of aromatic nitrogens is 2. The van der Waals surface area contributed by atoms with Gasteiger partial charge in [-0.05, 0) is 48.0 Å². The molecule has 0 amide bonds. The number of halogens is 2. The molecule has 0 aliphatic carbocycles. The zero-order valence-corrected chi connectivity index (χ0v) is 16.5. The summed E-state index contributed by atoms with van der Waals surface area (Å²) in [5.41, 5.74) is 2.05. The van der Waals surface area contributed by atoms with Gasteiger partial charge in [0.1, 0.15) is 23.3 Å². The van der Waals surface area contributed by atoms with Crippen LogP contribution in [0.3, 0.4) is 0 Å². The molecule has 4 nitrogen and oxygen atoms in total. The van der Waals surface area contributed by atoms with E-state index in [0.29, 0.717) is 27.3 Å². The van der Waals surface area contributed by atoms with Gasteiger partial charge in [-0.1, -0.05) is 42.1 Å². The van der Waals surface area contributed by atoms with Crippen LogP contribution in [0.1, 0.15) is 5.56 Å². The topological polar surface area (TPSA) is 52.1 Å². The number of fused-ring (bicyclic) bond motifs is 1. The number of ether oxygens (including phenoxy) is 1. The molecule has 4 aromatic rings. The van der Waals surface area contributed by atoms with Crippen LogP contribution < -0.4 is 0 Å². The van der Waals surface area contributed by atoms with Gasteiger partial charge in [0.15, 0.2) is 5.82 Å². The number of thioether (sulfide) groups is 1. The Morgan fingerprint density at radius 3 is 2.40 bits per heavy atom. The molecular weight excluding hydrogens is 406 g/mol. The minimum absolute atomic E-state index is 0.0122. The number of esters is 1. The standard InChI is InChI=1S/C23H16F2N2O2S/c24-17-8-6-16(7-9-17)22-26-20-11-10-18(25)12-19(20)23(27-22)30-14-21(28)29-13-15-4-2-1-3-5-15/h1-12H,13-14H2. The van der Waals surface area contributed by atoms with Crippen molar-refractivity contribution >= 4 is 28.6 Å². The van der Waals surface area contributed by atoms with Crippen molar-refractivity contribution < 1.29 is 18.3 Å². The number of carbonyl (C=O) groups is 1. The van der Waals surface area contributed by atoms with Gasteiger partial charge in [0.2, 0.25) is 0 Å². The number of rotatable bonds is 6. The van der Waals surface area contributed by atoms with Crippen molar-refractivity contribution in [2.75, 3.05) is 5.75 Å². The summed E-state index contributed by atoms with van der Waals surface area (Å²) < 4.78 is 32.3. The molecule has 0 bridgehead atoms. The summed E-state index contributed by atoms with van der Waals surface area (Å²) in [6.07, 6.45) is 0. The van der Waals surface area contributed by atoms with Crippen LogP contribution in [0.15, 0.2) is 77.8 Å². The average Bonchev–Trinajstić information content (AvgIpc) is 2.77. The van der Waals surface area contributed by atoms with Gasteiger partial charge in [-0.3, -0.25) is 4.79 Å². The second-order valence-electron chi connectivity index (χ2n) is 6.46. The maximum Gasteiger partial charge on any atom is 0.316 e. The Morgan fingerprint density at radius 1 is 0.900 bits per heavy atom. The van der Waals surface area contributed by atoms with Crippen LogP contribution >= 0.6 is 11.8 Å². The van der Waals surface area contributed by atoms with Crippen LogP contribution in [-0.2, 0) is 16.1 Å². The molecule has 7 heteroatoms. The molecule has 1 heterocycles. The molecule has 3 aromatic carbocycles. The van der Waals surface area contributed by atoms with E-state index in [1.54, 1.807) is 18.2 Å². The van der Waals surface area contributed by atoms with Crippen LogP contribution in [0.25, 0.3) is 22.3 Å². The summed E-state index contributed by atoms with van der Waals surface area (Å²) in [6, 6.07) is 19.4. The molecule has 0 aliphatic heterocycles. The normalized spacial score (nSPS) is 10.9. The number of carbonyl (C=O) groups excluding carboxylic acids is 1. The van der Waals surface area contributed by atoms with Gasteiger partial charge >= 0.3 is 5.97 Å². The zero-order chi connectivity index (χ0) is 20.9. The summed E-state index contributed by atoms with van der Waals surface area (Å²) in [5.74, 6) is -0.811. The summed E-state index contributed by atoms with van der Waals surface area (Å²) in [6.45, 7) is 0.181. The smallest absolute Gasteiger partial charge is 0.316 e. The first-order valence-corrected chi connectivity index (χ1v) is 10.1. The molecule has 0 saturated heterocycles. The van der Waals surface area contributed by atoms with E-state index in [4.69, 9.17) is 4.74 Å². The van der Waals surface area contributed by atoms with E-state index < -0.39 is 11.8 Å². The fourth-order valence-corrected chi connectivity index (χ4v) is 3.63. The van der Waals surface area contributed by atoms with E-state index in [2.05, 4.69) is 9.97 Å². The maximum atomic E-state index is 13.8. The van der Waals surface area contributed by atoms with E-state index in [1.165, 1.54) is 24.3 Å². The minimum Gasteiger partial charge on any atom is -0.460 e. The fourth-order valence-electron chi connectivity index (χ4n) is 2.82. The number of hydrogen-bond donors (Lipinski definition) is 0. The van der Waals surface area contributed by atoms with E-state index in [-0.39, 0.29) is 18.2 Å². The first-order chi connectivity index (χ1) is 14.6. The molecule has 0 N–H and O–H groups in total. The Balaban J connectivity index is 1.56. The van der Waals surface area contributed by atoms with Crippen LogP contribution in [0.5, 0.6) is 0 Å². The Kier molecular flexibility index (Phi) is 5.99. The summed E-state index contributed by atoms with van der Waals surface area (Å²) >= 11 is 1.15. The lowest BCUT2D eigenvalue weighted by molar-refractivity contribution is -0.141. The molecular formula is C23H16F2N2O2S. The summed E-state index contributed by atoms with van der Waals surface area (Å²) in [5, 5.41) is 0.956. The van der Waals surface area contributed by atoms with Crippen LogP contribution in [-0.4, -0.2) is 21.7 Å². The highest BCUT2D eigenvalue weighted by Gasteiger charge is 2.13. The van der Waals surface area contributed by atoms with Gasteiger partial charge in [0.05, 0.1) is 11.3 Å². The van der Waals surface area contributed by atoms with Crippen molar-refractivity contribution in [2.24, 2.45) is 0 Å². The molecule has 30 heavy (non-hydrogen) atoms. The molecule has 0 unspecified atom stereocenters. The SMILES string of the molecule is O=C(CSc1nc(-c2ccc(F)cc2)nc2ccc(F)cc12)OCc1ccccc1. The molecule has 0 atom stereocenters. The fraction of sp³-hybridized carbons (Fsp3) is 0.0870. The Hall–Kier alpha value is -3.32. The largest absolute Gasteiger partial charge is 0.460 e. The molecule has 150 valence electrons. The van der Waals surface area contributed by atoms with Crippen LogP contribution in [0.2, 0.25) is 0 Å². The van der Waals surface area contributed by atoms with Gasteiger partial charge in [-0.2, -0.15) is 0 Å². The van der Waals surface area contributed by atoms with Crippen molar-refractivity contribution in [3.05, 3.63) is 90.0 Å².